The first kappa shape index (κ1) is 21.3. The largest absolute Gasteiger partial charge is 0.491 e. The highest BCUT2D eigenvalue weighted by molar-refractivity contribution is 5.92. The third-order valence-corrected chi connectivity index (χ3v) is 4.84. The molecule has 150 valence electrons. The normalized spacial score (nSPS) is 20.7. The van der Waals surface area contributed by atoms with Crippen LogP contribution in [0.5, 0.6) is 5.75 Å². The number of carbonyl (C=O) groups is 1. The molecule has 1 aromatic carbocycles. The monoisotopic (exact) mass is 379 g/mol. The summed E-state index contributed by atoms with van der Waals surface area (Å²) in [6.07, 6.45) is 5.40. The molecule has 7 heteroatoms. The standard InChI is InChI=1S/C20H30FN3O3/c1-23-14-16(12-22)20(25)24-13-15-2-6-18(7-3-15)26-10-11-27-19-8-4-17(21)5-9-19/h4-5,8-9,12,15-16,18,22-23H,2-3,6-7,10-11,13-14H2,1H3,(H,24,25). The summed E-state index contributed by atoms with van der Waals surface area (Å²) in [5.74, 6) is 0.333. The maximum absolute atomic E-state index is 12.8. The number of hydrogen-bond donors (Lipinski definition) is 3. The van der Waals surface area contributed by atoms with Gasteiger partial charge in [0.05, 0.1) is 18.6 Å². The van der Waals surface area contributed by atoms with Crippen molar-refractivity contribution in [3.8, 4) is 5.75 Å². The minimum absolute atomic E-state index is 0.0873. The zero-order chi connectivity index (χ0) is 19.5. The number of nitrogens with one attached hydrogen (secondary N) is 3. The topological polar surface area (TPSA) is 83.4 Å². The van der Waals surface area contributed by atoms with Crippen LogP contribution in [0.15, 0.2) is 24.3 Å². The van der Waals surface area contributed by atoms with Crippen molar-refractivity contribution in [1.29, 1.82) is 5.41 Å². The average Bonchev–Trinajstić information content (AvgIpc) is 2.69. The van der Waals surface area contributed by atoms with E-state index in [9.17, 15) is 9.18 Å². The van der Waals surface area contributed by atoms with E-state index in [1.165, 1.54) is 18.3 Å². The molecule has 0 radical (unpaired) electrons. The van der Waals surface area contributed by atoms with Crippen LogP contribution in [-0.2, 0) is 9.53 Å². The quantitative estimate of drug-likeness (QED) is 0.407. The van der Waals surface area contributed by atoms with E-state index >= 15 is 0 Å². The van der Waals surface area contributed by atoms with Crippen molar-refractivity contribution in [2.45, 2.75) is 31.8 Å². The molecule has 0 aromatic heterocycles. The van der Waals surface area contributed by atoms with Crippen LogP contribution >= 0.6 is 0 Å². The van der Waals surface area contributed by atoms with Gasteiger partial charge in [-0.3, -0.25) is 4.79 Å². The Balaban J connectivity index is 1.56. The summed E-state index contributed by atoms with van der Waals surface area (Å²) in [5.41, 5.74) is 0. The van der Waals surface area contributed by atoms with Gasteiger partial charge in [0, 0.05) is 19.3 Å². The summed E-state index contributed by atoms with van der Waals surface area (Å²) in [6.45, 7) is 2.09. The molecule has 1 aliphatic carbocycles. The first-order valence-corrected chi connectivity index (χ1v) is 9.55. The molecule has 0 saturated heterocycles. The first-order chi connectivity index (χ1) is 13.1. The summed E-state index contributed by atoms with van der Waals surface area (Å²) in [5, 5.41) is 13.2. The molecule has 27 heavy (non-hydrogen) atoms. The predicted molar refractivity (Wildman–Crippen MR) is 103 cm³/mol. The summed E-state index contributed by atoms with van der Waals surface area (Å²) in [6, 6.07) is 5.96. The van der Waals surface area contributed by atoms with Crippen LogP contribution in [-0.4, -0.2) is 51.6 Å². The highest BCUT2D eigenvalue weighted by Crippen LogP contribution is 2.25. The van der Waals surface area contributed by atoms with Crippen LogP contribution in [0.2, 0.25) is 0 Å². The van der Waals surface area contributed by atoms with Crippen LogP contribution in [0, 0.1) is 23.1 Å². The van der Waals surface area contributed by atoms with Crippen molar-refractivity contribution in [1.82, 2.24) is 10.6 Å². The van der Waals surface area contributed by atoms with Crippen LogP contribution in [0.25, 0.3) is 0 Å². The Morgan fingerprint density at radius 1 is 1.26 bits per heavy atom. The molecule has 0 spiro atoms. The van der Waals surface area contributed by atoms with Crippen LogP contribution in [0.1, 0.15) is 25.7 Å². The molecule has 0 aliphatic heterocycles. The lowest BCUT2D eigenvalue weighted by Gasteiger charge is -2.29. The van der Waals surface area contributed by atoms with Crippen molar-refractivity contribution >= 4 is 12.1 Å². The number of rotatable bonds is 11. The average molecular weight is 379 g/mol. The Bertz CT molecular complexity index is 574. The van der Waals surface area contributed by atoms with Gasteiger partial charge in [0.25, 0.3) is 0 Å². The number of carbonyl (C=O) groups excluding carboxylic acids is 1. The second-order valence-corrected chi connectivity index (χ2v) is 6.89. The summed E-state index contributed by atoms with van der Waals surface area (Å²) < 4.78 is 24.2. The van der Waals surface area contributed by atoms with Crippen LogP contribution < -0.4 is 15.4 Å². The fourth-order valence-corrected chi connectivity index (χ4v) is 3.23. The van der Waals surface area contributed by atoms with Gasteiger partial charge in [-0.25, -0.2) is 4.39 Å². The fourth-order valence-electron chi connectivity index (χ4n) is 3.23. The fraction of sp³-hybridized carbons (Fsp3) is 0.600. The van der Waals surface area contributed by atoms with Crippen LogP contribution in [0.3, 0.4) is 0 Å². The molecular formula is C20H30FN3O3. The summed E-state index contributed by atoms with van der Waals surface area (Å²) in [7, 11) is 1.77. The molecule has 6 nitrogen and oxygen atoms in total. The van der Waals surface area contributed by atoms with Gasteiger partial charge in [-0.15, -0.1) is 0 Å². The SMILES string of the molecule is CNCC(C=N)C(=O)NCC1CCC(OCCOc2ccc(F)cc2)CC1. The van der Waals surface area contributed by atoms with Gasteiger partial charge in [0.15, 0.2) is 0 Å². The molecule has 1 aromatic rings. The van der Waals surface area contributed by atoms with E-state index in [1.54, 1.807) is 19.2 Å². The van der Waals surface area contributed by atoms with Crippen molar-refractivity contribution in [3.63, 3.8) is 0 Å². The van der Waals surface area contributed by atoms with Gasteiger partial charge < -0.3 is 25.5 Å². The molecule has 1 saturated carbocycles. The van der Waals surface area contributed by atoms with Crippen molar-refractivity contribution in [3.05, 3.63) is 30.1 Å². The van der Waals surface area contributed by atoms with Gasteiger partial charge in [0.2, 0.25) is 5.91 Å². The second-order valence-electron chi connectivity index (χ2n) is 6.89. The minimum Gasteiger partial charge on any atom is -0.491 e. The smallest absolute Gasteiger partial charge is 0.229 e. The lowest BCUT2D eigenvalue weighted by atomic mass is 9.87. The molecule has 1 unspecified atom stereocenters. The predicted octanol–water partition coefficient (Wildman–Crippen LogP) is 2.38. The highest BCUT2D eigenvalue weighted by atomic mass is 19.1. The Hall–Kier alpha value is -1.99. The van der Waals surface area contributed by atoms with E-state index in [4.69, 9.17) is 14.9 Å². The van der Waals surface area contributed by atoms with E-state index in [1.807, 2.05) is 0 Å². The number of halogens is 1. The number of ether oxygens (including phenoxy) is 2. The zero-order valence-electron chi connectivity index (χ0n) is 15.9. The Morgan fingerprint density at radius 3 is 2.59 bits per heavy atom. The van der Waals surface area contributed by atoms with Gasteiger partial charge in [0.1, 0.15) is 18.2 Å². The van der Waals surface area contributed by atoms with E-state index in [0.717, 1.165) is 25.7 Å². The van der Waals surface area contributed by atoms with Gasteiger partial charge in [-0.05, 0) is 62.9 Å². The second kappa shape index (κ2) is 11.7. The Morgan fingerprint density at radius 2 is 1.96 bits per heavy atom. The maximum Gasteiger partial charge on any atom is 0.229 e. The lowest BCUT2D eigenvalue weighted by molar-refractivity contribution is -0.123. The molecule has 0 heterocycles. The molecule has 1 atom stereocenters. The van der Waals surface area contributed by atoms with Crippen molar-refractivity contribution in [2.75, 3.05) is 33.4 Å². The van der Waals surface area contributed by atoms with E-state index in [-0.39, 0.29) is 17.8 Å². The Kier molecular flexibility index (Phi) is 9.21. The summed E-state index contributed by atoms with van der Waals surface area (Å²) >= 11 is 0. The van der Waals surface area contributed by atoms with Gasteiger partial charge in [-0.2, -0.15) is 0 Å². The lowest BCUT2D eigenvalue weighted by Crippen LogP contribution is -2.40. The third kappa shape index (κ3) is 7.64. The highest BCUT2D eigenvalue weighted by Gasteiger charge is 2.23. The maximum atomic E-state index is 12.8. The first-order valence-electron chi connectivity index (χ1n) is 9.55. The molecule has 3 N–H and O–H groups in total. The van der Waals surface area contributed by atoms with E-state index < -0.39 is 5.92 Å². The van der Waals surface area contributed by atoms with E-state index in [0.29, 0.717) is 38.0 Å². The number of benzene rings is 1. The molecule has 1 amide bonds. The van der Waals surface area contributed by atoms with Gasteiger partial charge in [-0.1, -0.05) is 0 Å². The number of hydrogen-bond acceptors (Lipinski definition) is 5. The van der Waals surface area contributed by atoms with Crippen molar-refractivity contribution < 1.29 is 18.7 Å². The van der Waals surface area contributed by atoms with Gasteiger partial charge >= 0.3 is 0 Å². The third-order valence-electron chi connectivity index (χ3n) is 4.84. The Labute approximate surface area is 160 Å². The summed E-state index contributed by atoms with van der Waals surface area (Å²) in [4.78, 5) is 12.0. The molecular weight excluding hydrogens is 349 g/mol. The molecule has 0 bridgehead atoms. The van der Waals surface area contributed by atoms with Crippen molar-refractivity contribution in [2.24, 2.45) is 11.8 Å². The van der Waals surface area contributed by atoms with E-state index in [2.05, 4.69) is 10.6 Å². The molecule has 1 aliphatic rings. The van der Waals surface area contributed by atoms with Crippen LogP contribution in [0.4, 0.5) is 4.39 Å². The number of amides is 1. The minimum atomic E-state index is -0.407. The molecule has 1 fully saturated rings. The zero-order valence-corrected chi connectivity index (χ0v) is 15.9. The molecule has 2 rings (SSSR count).